The van der Waals surface area contributed by atoms with E-state index in [1.807, 2.05) is 0 Å². The Kier molecular flexibility index (Phi) is 5.54. The molecular weight excluding hydrogens is 256 g/mol. The van der Waals surface area contributed by atoms with Crippen LogP contribution in [0.3, 0.4) is 0 Å². The number of aromatic nitrogens is 1. The Morgan fingerprint density at radius 3 is 3.10 bits per heavy atom. The highest BCUT2D eigenvalue weighted by atomic mass is 16.5. The second-order valence-electron chi connectivity index (χ2n) is 4.57. The summed E-state index contributed by atoms with van der Waals surface area (Å²) in [6, 6.07) is 3.34. The number of carbonyl (C=O) groups excluding carboxylic acids is 1. The van der Waals surface area contributed by atoms with E-state index in [2.05, 4.69) is 22.1 Å². The van der Waals surface area contributed by atoms with E-state index in [0.717, 1.165) is 25.9 Å². The van der Waals surface area contributed by atoms with Crippen LogP contribution < -0.4 is 5.32 Å². The summed E-state index contributed by atoms with van der Waals surface area (Å²) < 4.78 is 5.49. The van der Waals surface area contributed by atoms with E-state index in [1.165, 1.54) is 6.20 Å². The Hall–Kier alpha value is -1.90. The third-order valence-corrected chi connectivity index (χ3v) is 3.08. The summed E-state index contributed by atoms with van der Waals surface area (Å²) in [6.07, 6.45) is 4.83. The summed E-state index contributed by atoms with van der Waals surface area (Å²) in [4.78, 5) is 15.9. The summed E-state index contributed by atoms with van der Waals surface area (Å²) >= 11 is 0. The Morgan fingerprint density at radius 1 is 1.55 bits per heavy atom. The number of nitrogens with one attached hydrogen (secondary N) is 1. The van der Waals surface area contributed by atoms with Crippen molar-refractivity contribution in [3.05, 3.63) is 29.6 Å². The molecule has 1 fully saturated rings. The topological polar surface area (TPSA) is 71.5 Å². The van der Waals surface area contributed by atoms with Crippen molar-refractivity contribution in [2.75, 3.05) is 19.8 Å². The van der Waals surface area contributed by atoms with Crippen LogP contribution in [0.25, 0.3) is 0 Å². The molecule has 1 saturated heterocycles. The van der Waals surface area contributed by atoms with Crippen LogP contribution >= 0.6 is 0 Å². The van der Waals surface area contributed by atoms with E-state index in [9.17, 15) is 4.79 Å². The van der Waals surface area contributed by atoms with Gasteiger partial charge in [0.2, 0.25) is 0 Å². The van der Waals surface area contributed by atoms with Gasteiger partial charge in [-0.25, -0.2) is 4.98 Å². The number of aliphatic hydroxyl groups is 1. The van der Waals surface area contributed by atoms with Gasteiger partial charge < -0.3 is 15.2 Å². The lowest BCUT2D eigenvalue weighted by molar-refractivity contribution is 0.0903. The Morgan fingerprint density at radius 2 is 2.45 bits per heavy atom. The molecule has 106 valence electrons. The van der Waals surface area contributed by atoms with Crippen LogP contribution in [0.4, 0.5) is 0 Å². The number of hydrogen-bond donors (Lipinski definition) is 2. The minimum Gasteiger partial charge on any atom is -0.384 e. The first kappa shape index (κ1) is 14.5. The number of nitrogens with zero attached hydrogens (tertiary/aromatic N) is 1. The monoisotopic (exact) mass is 274 g/mol. The molecule has 0 bridgehead atoms. The van der Waals surface area contributed by atoms with E-state index in [4.69, 9.17) is 9.84 Å². The molecule has 1 aliphatic heterocycles. The first-order chi connectivity index (χ1) is 9.79. The highest BCUT2D eigenvalue weighted by molar-refractivity contribution is 5.92. The smallest absolute Gasteiger partial charge is 0.269 e. The minimum atomic E-state index is -0.190. The quantitative estimate of drug-likeness (QED) is 0.794. The Balaban J connectivity index is 1.79. The fourth-order valence-corrected chi connectivity index (χ4v) is 2.05. The number of aliphatic hydroxyl groups excluding tert-OH is 1. The van der Waals surface area contributed by atoms with Crippen molar-refractivity contribution in [1.29, 1.82) is 0 Å². The average Bonchev–Trinajstić information content (AvgIpc) is 2.99. The molecule has 5 heteroatoms. The van der Waals surface area contributed by atoms with Crippen LogP contribution in [0.2, 0.25) is 0 Å². The van der Waals surface area contributed by atoms with Crippen LogP contribution in [0.1, 0.15) is 35.3 Å². The van der Waals surface area contributed by atoms with E-state index in [-0.39, 0.29) is 18.6 Å². The molecular formula is C15H18N2O3. The van der Waals surface area contributed by atoms with Crippen molar-refractivity contribution in [3.8, 4) is 11.8 Å². The van der Waals surface area contributed by atoms with Crippen LogP contribution in [0, 0.1) is 11.8 Å². The Bertz CT molecular complexity index is 496. The maximum Gasteiger partial charge on any atom is 0.269 e. The zero-order chi connectivity index (χ0) is 14.2. The zero-order valence-electron chi connectivity index (χ0n) is 11.3. The largest absolute Gasteiger partial charge is 0.384 e. The summed E-state index contributed by atoms with van der Waals surface area (Å²) in [7, 11) is 0. The molecule has 1 atom stereocenters. The van der Waals surface area contributed by atoms with Gasteiger partial charge in [0, 0.05) is 24.9 Å². The lowest BCUT2D eigenvalue weighted by Gasteiger charge is -2.09. The number of hydrogen-bond acceptors (Lipinski definition) is 4. The molecule has 0 aliphatic carbocycles. The standard InChI is InChI=1S/C15H18N2O3/c18-9-1-3-12-5-6-14(17-11-12)15(19)16-8-7-13-4-2-10-20-13/h5-6,11,13,18H,2,4,7-10H2,(H,16,19). The van der Waals surface area contributed by atoms with Crippen LogP contribution in [0.15, 0.2) is 18.3 Å². The van der Waals surface area contributed by atoms with Crippen LogP contribution in [-0.4, -0.2) is 41.9 Å². The molecule has 1 aliphatic rings. The Labute approximate surface area is 118 Å². The van der Waals surface area contributed by atoms with E-state index < -0.39 is 0 Å². The summed E-state index contributed by atoms with van der Waals surface area (Å²) in [5.74, 6) is 5.07. The van der Waals surface area contributed by atoms with Gasteiger partial charge in [-0.05, 0) is 31.4 Å². The molecule has 2 N–H and O–H groups in total. The summed E-state index contributed by atoms with van der Waals surface area (Å²) in [6.45, 7) is 1.24. The van der Waals surface area contributed by atoms with Crippen molar-refractivity contribution in [1.82, 2.24) is 10.3 Å². The van der Waals surface area contributed by atoms with Crippen molar-refractivity contribution >= 4 is 5.91 Å². The van der Waals surface area contributed by atoms with E-state index in [1.54, 1.807) is 12.1 Å². The van der Waals surface area contributed by atoms with Gasteiger partial charge in [-0.2, -0.15) is 0 Å². The molecule has 20 heavy (non-hydrogen) atoms. The molecule has 0 saturated carbocycles. The highest BCUT2D eigenvalue weighted by Gasteiger charge is 2.15. The molecule has 1 aromatic heterocycles. The number of carbonyl (C=O) groups is 1. The summed E-state index contributed by atoms with van der Waals surface area (Å²) in [5.41, 5.74) is 1.04. The molecule has 0 aromatic carbocycles. The second-order valence-corrected chi connectivity index (χ2v) is 4.57. The first-order valence-electron chi connectivity index (χ1n) is 6.75. The fraction of sp³-hybridized carbons (Fsp3) is 0.467. The fourth-order valence-electron chi connectivity index (χ4n) is 2.05. The highest BCUT2D eigenvalue weighted by Crippen LogP contribution is 2.14. The molecule has 0 radical (unpaired) electrons. The third-order valence-electron chi connectivity index (χ3n) is 3.08. The summed E-state index contributed by atoms with van der Waals surface area (Å²) in [5, 5.41) is 11.4. The van der Waals surface area contributed by atoms with Gasteiger partial charge in [0.1, 0.15) is 12.3 Å². The predicted molar refractivity (Wildman–Crippen MR) is 74.1 cm³/mol. The van der Waals surface area contributed by atoms with Crippen LogP contribution in [0.5, 0.6) is 0 Å². The van der Waals surface area contributed by atoms with Gasteiger partial charge in [0.15, 0.2) is 0 Å². The number of pyridine rings is 1. The van der Waals surface area contributed by atoms with Gasteiger partial charge in [0.05, 0.1) is 6.10 Å². The van der Waals surface area contributed by atoms with Gasteiger partial charge in [-0.15, -0.1) is 0 Å². The van der Waals surface area contributed by atoms with Crippen molar-refractivity contribution in [2.24, 2.45) is 0 Å². The third kappa shape index (κ3) is 4.34. The molecule has 1 aromatic rings. The van der Waals surface area contributed by atoms with Gasteiger partial charge >= 0.3 is 0 Å². The minimum absolute atomic E-state index is 0.189. The van der Waals surface area contributed by atoms with E-state index >= 15 is 0 Å². The number of ether oxygens (including phenoxy) is 1. The molecule has 2 heterocycles. The maximum absolute atomic E-state index is 11.9. The van der Waals surface area contributed by atoms with Crippen LogP contribution in [-0.2, 0) is 4.74 Å². The average molecular weight is 274 g/mol. The lowest BCUT2D eigenvalue weighted by atomic mass is 10.2. The zero-order valence-corrected chi connectivity index (χ0v) is 11.3. The van der Waals surface area contributed by atoms with Gasteiger partial charge in [-0.3, -0.25) is 4.79 Å². The molecule has 1 amide bonds. The molecule has 1 unspecified atom stereocenters. The number of rotatable bonds is 4. The predicted octanol–water partition coefficient (Wildman–Crippen LogP) is 0.724. The normalized spacial score (nSPS) is 17.4. The second kappa shape index (κ2) is 7.63. The van der Waals surface area contributed by atoms with Crippen molar-refractivity contribution in [2.45, 2.75) is 25.4 Å². The number of amides is 1. The molecule has 2 rings (SSSR count). The van der Waals surface area contributed by atoms with Gasteiger partial charge in [-0.1, -0.05) is 11.8 Å². The van der Waals surface area contributed by atoms with E-state index in [0.29, 0.717) is 17.8 Å². The lowest BCUT2D eigenvalue weighted by Crippen LogP contribution is -2.27. The van der Waals surface area contributed by atoms with Crippen molar-refractivity contribution < 1.29 is 14.6 Å². The maximum atomic E-state index is 11.9. The van der Waals surface area contributed by atoms with Gasteiger partial charge in [0.25, 0.3) is 5.91 Å². The van der Waals surface area contributed by atoms with Crippen molar-refractivity contribution in [3.63, 3.8) is 0 Å². The molecule has 5 nitrogen and oxygen atoms in total. The first-order valence-corrected chi connectivity index (χ1v) is 6.75. The SMILES string of the molecule is O=C(NCCC1CCCO1)c1ccc(C#CCO)cn1. The molecule has 0 spiro atoms.